The summed E-state index contributed by atoms with van der Waals surface area (Å²) in [5.74, 6) is 1.62. The van der Waals surface area contributed by atoms with Crippen LogP contribution in [-0.4, -0.2) is 97.6 Å². The Kier molecular flexibility index (Phi) is 7.57. The summed E-state index contributed by atoms with van der Waals surface area (Å²) in [5.41, 5.74) is 10.9. The molecule has 0 radical (unpaired) electrons. The standard InChI is InChI=1S/C38H40N8O5/c1-50-31-15-26(37(48)45-20-25-7-8-29(45)32(25)39)13-27-33(31)46(19-22-16-43(17-22)36(47)24-9-11-40-28(12-24)38(49)51-2)35(42-27)30-14-23-4-3-10-41-34(23)44(30)18-21-5-6-21/h3-4,9-15,21-22,25,29,32H,5-8,16-20,39H2,1-2H3/t25-,29-,32-/m1/s1. The van der Waals surface area contributed by atoms with Gasteiger partial charge in [-0.1, -0.05) is 0 Å². The van der Waals surface area contributed by atoms with Crippen LogP contribution in [0.25, 0.3) is 33.6 Å². The van der Waals surface area contributed by atoms with Gasteiger partial charge in [0, 0.05) is 79.6 Å². The molecule has 13 nitrogen and oxygen atoms in total. The minimum absolute atomic E-state index is 0.0229. The first-order valence-corrected chi connectivity index (χ1v) is 17.7. The van der Waals surface area contributed by atoms with E-state index < -0.39 is 5.97 Å². The Morgan fingerprint density at radius 3 is 2.41 bits per heavy atom. The molecule has 2 N–H and O–H groups in total. The van der Waals surface area contributed by atoms with E-state index in [1.165, 1.54) is 32.2 Å². The van der Waals surface area contributed by atoms with Crippen molar-refractivity contribution in [1.82, 2.24) is 33.9 Å². The number of ether oxygens (including phenoxy) is 2. The number of fused-ring (bicyclic) bond motifs is 4. The molecule has 1 aromatic carbocycles. The zero-order valence-electron chi connectivity index (χ0n) is 28.7. The lowest BCUT2D eigenvalue weighted by atomic mass is 9.98. The molecule has 6 heterocycles. The number of nitrogens with zero attached hydrogens (tertiary/aromatic N) is 7. The van der Waals surface area contributed by atoms with Crippen LogP contribution in [0.4, 0.5) is 0 Å². The highest BCUT2D eigenvalue weighted by molar-refractivity contribution is 6.01. The third-order valence-corrected chi connectivity index (χ3v) is 11.3. The summed E-state index contributed by atoms with van der Waals surface area (Å²) in [7, 11) is 2.91. The Balaban J connectivity index is 1.09. The number of nitrogens with two attached hydrogens (primary N) is 1. The van der Waals surface area contributed by atoms with Gasteiger partial charge >= 0.3 is 5.97 Å². The Labute approximate surface area is 294 Å². The van der Waals surface area contributed by atoms with Gasteiger partial charge in [0.15, 0.2) is 5.82 Å². The van der Waals surface area contributed by atoms with Crippen molar-refractivity contribution in [3.8, 4) is 17.3 Å². The number of carbonyl (C=O) groups excluding carboxylic acids is 3. The molecular weight excluding hydrogens is 648 g/mol. The summed E-state index contributed by atoms with van der Waals surface area (Å²) < 4.78 is 15.3. The van der Waals surface area contributed by atoms with Crippen LogP contribution in [0.2, 0.25) is 0 Å². The van der Waals surface area contributed by atoms with Gasteiger partial charge < -0.3 is 34.1 Å². The number of amides is 2. The highest BCUT2D eigenvalue weighted by atomic mass is 16.5. The quantitative estimate of drug-likeness (QED) is 0.227. The van der Waals surface area contributed by atoms with Crippen LogP contribution >= 0.6 is 0 Å². The van der Waals surface area contributed by atoms with Crippen molar-refractivity contribution >= 4 is 39.9 Å². The van der Waals surface area contributed by atoms with Crippen molar-refractivity contribution in [2.45, 2.75) is 50.9 Å². The first-order valence-electron chi connectivity index (χ1n) is 17.7. The van der Waals surface area contributed by atoms with Gasteiger partial charge in [0.05, 0.1) is 25.4 Å². The summed E-state index contributed by atoms with van der Waals surface area (Å²) in [5, 5.41) is 1.04. The molecule has 4 aromatic heterocycles. The van der Waals surface area contributed by atoms with Crippen molar-refractivity contribution in [1.29, 1.82) is 0 Å². The fourth-order valence-corrected chi connectivity index (χ4v) is 8.42. The molecule has 0 spiro atoms. The summed E-state index contributed by atoms with van der Waals surface area (Å²) in [6.45, 7) is 3.16. The van der Waals surface area contributed by atoms with Gasteiger partial charge in [-0.05, 0) is 80.0 Å². The molecule has 2 saturated heterocycles. The highest BCUT2D eigenvalue weighted by Gasteiger charge is 2.47. The zero-order valence-corrected chi connectivity index (χ0v) is 28.7. The van der Waals surface area contributed by atoms with Crippen LogP contribution in [0.1, 0.15) is 56.9 Å². The maximum atomic E-state index is 14.0. The molecule has 9 rings (SSSR count). The van der Waals surface area contributed by atoms with E-state index in [0.29, 0.717) is 60.4 Å². The molecule has 2 aliphatic heterocycles. The number of rotatable bonds is 9. The molecular formula is C38H40N8O5. The topological polar surface area (TPSA) is 151 Å². The maximum Gasteiger partial charge on any atom is 0.356 e. The lowest BCUT2D eigenvalue weighted by molar-refractivity contribution is 0.0471. The highest BCUT2D eigenvalue weighted by Crippen LogP contribution is 2.41. The molecule has 3 atom stereocenters. The molecule has 51 heavy (non-hydrogen) atoms. The molecule has 4 fully saturated rings. The van der Waals surface area contributed by atoms with Gasteiger partial charge in [0.1, 0.15) is 22.6 Å². The minimum Gasteiger partial charge on any atom is -0.494 e. The predicted octanol–water partition coefficient (Wildman–Crippen LogP) is 3.99. The van der Waals surface area contributed by atoms with Crippen molar-refractivity contribution < 1.29 is 23.9 Å². The average Bonchev–Trinajstić information content (AvgIpc) is 3.50. The van der Waals surface area contributed by atoms with E-state index in [-0.39, 0.29) is 35.5 Å². The molecule has 4 aliphatic rings. The molecule has 2 saturated carbocycles. The van der Waals surface area contributed by atoms with Crippen molar-refractivity contribution in [2.75, 3.05) is 33.9 Å². The number of piperidine rings is 1. The first-order chi connectivity index (χ1) is 24.8. The lowest BCUT2D eigenvalue weighted by Gasteiger charge is -2.39. The number of esters is 1. The van der Waals surface area contributed by atoms with Gasteiger partial charge in [0.25, 0.3) is 11.8 Å². The van der Waals surface area contributed by atoms with Gasteiger partial charge in [-0.2, -0.15) is 0 Å². The van der Waals surface area contributed by atoms with Gasteiger partial charge in [-0.25, -0.2) is 19.7 Å². The van der Waals surface area contributed by atoms with E-state index in [9.17, 15) is 14.4 Å². The number of likely N-dealkylation sites (tertiary alicyclic amines) is 2. The summed E-state index contributed by atoms with van der Waals surface area (Å²) in [4.78, 5) is 57.2. The number of benzene rings is 1. The van der Waals surface area contributed by atoms with Crippen LogP contribution in [-0.2, 0) is 17.8 Å². The second-order valence-corrected chi connectivity index (χ2v) is 14.5. The Morgan fingerprint density at radius 2 is 1.69 bits per heavy atom. The van der Waals surface area contributed by atoms with Gasteiger partial charge in [-0.15, -0.1) is 0 Å². The molecule has 2 amide bonds. The Hall–Kier alpha value is -5.30. The molecule has 13 heteroatoms. The van der Waals surface area contributed by atoms with E-state index >= 15 is 0 Å². The van der Waals surface area contributed by atoms with E-state index in [1.807, 2.05) is 29.3 Å². The van der Waals surface area contributed by atoms with Gasteiger partial charge in [-0.3, -0.25) is 9.59 Å². The SMILES string of the molecule is COC(=O)c1cc(C(=O)N2CC(Cn3c(-c4cc5cccnc5n4CC4CC4)nc4cc(C(=O)N5C[C@H]6CC[C@@H]5[C@@H]6N)cc(OC)c43)C2)ccn1. The van der Waals surface area contributed by atoms with E-state index in [4.69, 9.17) is 25.2 Å². The van der Waals surface area contributed by atoms with E-state index in [2.05, 4.69) is 26.3 Å². The average molecular weight is 689 g/mol. The largest absolute Gasteiger partial charge is 0.494 e. The summed E-state index contributed by atoms with van der Waals surface area (Å²) in [6, 6.07) is 13.1. The number of hydrogen-bond donors (Lipinski definition) is 1. The molecule has 5 aromatic rings. The van der Waals surface area contributed by atoms with Crippen molar-refractivity contribution in [2.24, 2.45) is 23.5 Å². The molecule has 0 unspecified atom stereocenters. The summed E-state index contributed by atoms with van der Waals surface area (Å²) in [6.07, 6.45) is 7.65. The molecule has 2 aliphatic carbocycles. The smallest absolute Gasteiger partial charge is 0.356 e. The normalized spacial score (nSPS) is 21.4. The number of imidazole rings is 1. The summed E-state index contributed by atoms with van der Waals surface area (Å²) >= 11 is 0. The van der Waals surface area contributed by atoms with Gasteiger partial charge in [0.2, 0.25) is 0 Å². The van der Waals surface area contributed by atoms with Crippen LogP contribution in [0, 0.1) is 17.8 Å². The minimum atomic E-state index is -0.588. The number of carbonyl (C=O) groups is 3. The third-order valence-electron chi connectivity index (χ3n) is 11.3. The first kappa shape index (κ1) is 31.7. The second-order valence-electron chi connectivity index (χ2n) is 14.5. The number of aromatic nitrogens is 5. The monoisotopic (exact) mass is 688 g/mol. The maximum absolute atomic E-state index is 14.0. The Morgan fingerprint density at radius 1 is 0.863 bits per heavy atom. The number of pyridine rings is 2. The predicted molar refractivity (Wildman–Crippen MR) is 188 cm³/mol. The Bertz CT molecular complexity index is 2220. The van der Waals surface area contributed by atoms with Crippen LogP contribution < -0.4 is 10.5 Å². The van der Waals surface area contributed by atoms with E-state index in [1.54, 1.807) is 18.1 Å². The van der Waals surface area contributed by atoms with Crippen molar-refractivity contribution in [3.63, 3.8) is 0 Å². The molecule has 262 valence electrons. The molecule has 2 bridgehead atoms. The van der Waals surface area contributed by atoms with Crippen LogP contribution in [0.15, 0.2) is 54.9 Å². The zero-order chi connectivity index (χ0) is 35.0. The third kappa shape index (κ3) is 5.33. The fourth-order valence-electron chi connectivity index (χ4n) is 8.42. The van der Waals surface area contributed by atoms with Crippen LogP contribution in [0.3, 0.4) is 0 Å². The fraction of sp³-hybridized carbons (Fsp3) is 0.421. The van der Waals surface area contributed by atoms with Crippen LogP contribution in [0.5, 0.6) is 5.75 Å². The second kappa shape index (κ2) is 12.2. The lowest BCUT2D eigenvalue weighted by Crippen LogP contribution is -2.51. The number of methoxy groups -OCH3 is 2. The van der Waals surface area contributed by atoms with Crippen molar-refractivity contribution in [3.05, 3.63) is 71.7 Å². The van der Waals surface area contributed by atoms with E-state index in [0.717, 1.165) is 47.5 Å². The number of hydrogen-bond acceptors (Lipinski definition) is 9.